The predicted molar refractivity (Wildman–Crippen MR) is 112 cm³/mol. The van der Waals surface area contributed by atoms with Crippen LogP contribution >= 0.6 is 22.7 Å². The highest BCUT2D eigenvalue weighted by Crippen LogP contribution is 2.30. The Balaban J connectivity index is 1.47. The van der Waals surface area contributed by atoms with Crippen LogP contribution in [0.4, 0.5) is 5.13 Å². The number of nitrogens with one attached hydrogen (secondary N) is 2. The summed E-state index contributed by atoms with van der Waals surface area (Å²) in [6, 6.07) is 10.9. The first-order valence-electron chi connectivity index (χ1n) is 8.55. The van der Waals surface area contributed by atoms with E-state index in [-0.39, 0.29) is 18.9 Å². The molecule has 0 saturated heterocycles. The average Bonchev–Trinajstić information content (AvgIpc) is 3.30. The van der Waals surface area contributed by atoms with Crippen molar-refractivity contribution < 1.29 is 4.79 Å². The molecule has 1 amide bonds. The van der Waals surface area contributed by atoms with E-state index < -0.39 is 11.2 Å². The Morgan fingerprint density at radius 1 is 1.21 bits per heavy atom. The Morgan fingerprint density at radius 3 is 2.82 bits per heavy atom. The van der Waals surface area contributed by atoms with Crippen molar-refractivity contribution in [1.82, 2.24) is 14.5 Å². The summed E-state index contributed by atoms with van der Waals surface area (Å²) in [6.07, 6.45) is 0.0863. The first kappa shape index (κ1) is 18.3. The molecule has 1 aromatic carbocycles. The molecule has 0 aliphatic rings. The summed E-state index contributed by atoms with van der Waals surface area (Å²) < 4.78 is 1.40. The molecule has 4 rings (SSSR count). The lowest BCUT2D eigenvalue weighted by atomic mass is 10.2. The average molecular weight is 412 g/mol. The zero-order valence-electron chi connectivity index (χ0n) is 14.9. The lowest BCUT2D eigenvalue weighted by Crippen LogP contribution is -2.31. The number of thiazole rings is 1. The molecular formula is C19H16N4O3S2. The van der Waals surface area contributed by atoms with Gasteiger partial charge in [-0.1, -0.05) is 12.1 Å². The van der Waals surface area contributed by atoms with Crippen molar-refractivity contribution in [3.05, 3.63) is 67.5 Å². The van der Waals surface area contributed by atoms with Crippen molar-refractivity contribution in [1.29, 1.82) is 0 Å². The summed E-state index contributed by atoms with van der Waals surface area (Å²) in [5.41, 5.74) is 0.386. The van der Waals surface area contributed by atoms with E-state index in [0.29, 0.717) is 16.0 Å². The number of rotatable bonds is 5. The summed E-state index contributed by atoms with van der Waals surface area (Å²) in [7, 11) is 0. The number of H-pyrrole nitrogens is 1. The third-order valence-corrected chi connectivity index (χ3v) is 5.99. The molecule has 0 radical (unpaired) electrons. The van der Waals surface area contributed by atoms with Crippen molar-refractivity contribution in [2.45, 2.75) is 19.9 Å². The van der Waals surface area contributed by atoms with Gasteiger partial charge in [0.2, 0.25) is 5.91 Å². The van der Waals surface area contributed by atoms with Gasteiger partial charge in [0.1, 0.15) is 0 Å². The van der Waals surface area contributed by atoms with Crippen molar-refractivity contribution >= 4 is 44.6 Å². The Morgan fingerprint density at radius 2 is 2.04 bits per heavy atom. The van der Waals surface area contributed by atoms with Gasteiger partial charge in [-0.25, -0.2) is 9.78 Å². The van der Waals surface area contributed by atoms with Crippen LogP contribution in [-0.2, 0) is 11.3 Å². The Labute approximate surface area is 167 Å². The number of anilines is 1. The number of aryl methyl sites for hydroxylation is 2. The molecule has 0 saturated carbocycles. The molecule has 0 unspecified atom stereocenters. The minimum Gasteiger partial charge on any atom is -0.302 e. The van der Waals surface area contributed by atoms with E-state index in [1.54, 1.807) is 35.6 Å². The van der Waals surface area contributed by atoms with Crippen LogP contribution < -0.4 is 16.6 Å². The van der Waals surface area contributed by atoms with Gasteiger partial charge < -0.3 is 5.32 Å². The molecule has 142 valence electrons. The van der Waals surface area contributed by atoms with Gasteiger partial charge in [-0.3, -0.25) is 19.1 Å². The Bertz CT molecular complexity index is 1280. The van der Waals surface area contributed by atoms with E-state index in [4.69, 9.17) is 0 Å². The number of para-hydroxylation sites is 1. The highest BCUT2D eigenvalue weighted by Gasteiger charge is 2.12. The number of carbonyl (C=O) groups excluding carboxylic acids is 1. The van der Waals surface area contributed by atoms with E-state index in [1.807, 2.05) is 24.4 Å². The molecule has 0 fully saturated rings. The molecule has 3 heterocycles. The first-order chi connectivity index (χ1) is 13.5. The molecular weight excluding hydrogens is 396 g/mol. The second-order valence-electron chi connectivity index (χ2n) is 6.17. The maximum absolute atomic E-state index is 12.3. The number of benzene rings is 1. The van der Waals surface area contributed by atoms with E-state index in [9.17, 15) is 14.4 Å². The van der Waals surface area contributed by atoms with Gasteiger partial charge in [0, 0.05) is 23.2 Å². The predicted octanol–water partition coefficient (Wildman–Crippen LogP) is 3.21. The molecule has 7 nitrogen and oxygen atoms in total. The number of hydrogen-bond donors (Lipinski definition) is 2. The van der Waals surface area contributed by atoms with Crippen LogP contribution in [0.25, 0.3) is 21.5 Å². The van der Waals surface area contributed by atoms with Gasteiger partial charge in [-0.15, -0.1) is 22.7 Å². The minimum atomic E-state index is -0.527. The summed E-state index contributed by atoms with van der Waals surface area (Å²) in [6.45, 7) is 2.19. The number of hydrogen-bond acceptors (Lipinski definition) is 6. The van der Waals surface area contributed by atoms with Crippen LogP contribution in [0, 0.1) is 6.92 Å². The first-order valence-corrected chi connectivity index (χ1v) is 10.2. The molecule has 0 bridgehead atoms. The number of fused-ring (bicyclic) bond motifs is 1. The highest BCUT2D eigenvalue weighted by molar-refractivity contribution is 7.17. The molecule has 0 aliphatic heterocycles. The minimum absolute atomic E-state index is 0.0863. The maximum atomic E-state index is 12.3. The SMILES string of the molecule is Cc1ccc(-c2csc(NC(=O)CCn3c(=O)[nH]c(=O)c4ccccc43)n2)s1. The van der Waals surface area contributed by atoms with E-state index >= 15 is 0 Å². The molecule has 0 spiro atoms. The van der Waals surface area contributed by atoms with Gasteiger partial charge in [0.05, 0.1) is 21.5 Å². The van der Waals surface area contributed by atoms with Gasteiger partial charge >= 0.3 is 5.69 Å². The largest absolute Gasteiger partial charge is 0.328 e. The number of thiophene rings is 1. The molecule has 0 atom stereocenters. The molecule has 4 aromatic rings. The monoisotopic (exact) mass is 412 g/mol. The normalized spacial score (nSPS) is 11.0. The number of amides is 1. The number of carbonyl (C=O) groups is 1. The third-order valence-electron chi connectivity index (χ3n) is 4.21. The van der Waals surface area contributed by atoms with Crippen molar-refractivity contribution in [3.8, 4) is 10.6 Å². The highest BCUT2D eigenvalue weighted by atomic mass is 32.1. The van der Waals surface area contributed by atoms with Crippen molar-refractivity contribution in [2.24, 2.45) is 0 Å². The standard InChI is InChI=1S/C19H16N4O3S2/c1-11-6-7-15(28-11)13-10-27-18(20-13)21-16(24)8-9-23-14-5-3-2-4-12(14)17(25)22-19(23)26/h2-7,10H,8-9H2,1H3,(H,20,21,24)(H,22,25,26). The fraction of sp³-hybridized carbons (Fsp3) is 0.158. The molecule has 9 heteroatoms. The fourth-order valence-corrected chi connectivity index (χ4v) is 4.51. The second kappa shape index (κ2) is 7.53. The number of nitrogens with zero attached hydrogens (tertiary/aromatic N) is 2. The topological polar surface area (TPSA) is 96.9 Å². The smallest absolute Gasteiger partial charge is 0.302 e. The second-order valence-corrected chi connectivity index (χ2v) is 8.32. The molecule has 28 heavy (non-hydrogen) atoms. The maximum Gasteiger partial charge on any atom is 0.328 e. The zero-order valence-corrected chi connectivity index (χ0v) is 16.5. The Kier molecular flexibility index (Phi) is 4.93. The van der Waals surface area contributed by atoms with Crippen LogP contribution in [0.2, 0.25) is 0 Å². The van der Waals surface area contributed by atoms with Crippen molar-refractivity contribution in [2.75, 3.05) is 5.32 Å². The molecule has 3 aromatic heterocycles. The van der Waals surface area contributed by atoms with Crippen LogP contribution in [0.1, 0.15) is 11.3 Å². The third kappa shape index (κ3) is 3.67. The molecule has 2 N–H and O–H groups in total. The lowest BCUT2D eigenvalue weighted by Gasteiger charge is -2.09. The summed E-state index contributed by atoms with van der Waals surface area (Å²) >= 11 is 3.01. The summed E-state index contributed by atoms with van der Waals surface area (Å²) in [5, 5.41) is 5.61. The van der Waals surface area contributed by atoms with Crippen LogP contribution in [0.3, 0.4) is 0 Å². The van der Waals surface area contributed by atoms with E-state index in [1.165, 1.54) is 20.8 Å². The fourth-order valence-electron chi connectivity index (χ4n) is 2.88. The van der Waals surface area contributed by atoms with Gasteiger partial charge in [0.25, 0.3) is 5.56 Å². The van der Waals surface area contributed by atoms with E-state index in [0.717, 1.165) is 10.6 Å². The van der Waals surface area contributed by atoms with E-state index in [2.05, 4.69) is 15.3 Å². The van der Waals surface area contributed by atoms with Gasteiger partial charge in [-0.2, -0.15) is 0 Å². The summed E-state index contributed by atoms with van der Waals surface area (Å²) in [4.78, 5) is 45.4. The van der Waals surface area contributed by atoms with Crippen molar-refractivity contribution in [3.63, 3.8) is 0 Å². The number of aromatic amines is 1. The Hall–Kier alpha value is -3.04. The van der Waals surface area contributed by atoms with Crippen LogP contribution in [0.5, 0.6) is 0 Å². The molecule has 0 aliphatic carbocycles. The zero-order chi connectivity index (χ0) is 19.7. The number of aromatic nitrogens is 3. The summed E-state index contributed by atoms with van der Waals surface area (Å²) in [5.74, 6) is -0.245. The quantitative estimate of drug-likeness (QED) is 0.526. The van der Waals surface area contributed by atoms with Crippen LogP contribution in [0.15, 0.2) is 51.4 Å². The van der Waals surface area contributed by atoms with Gasteiger partial charge in [-0.05, 0) is 31.2 Å². The lowest BCUT2D eigenvalue weighted by molar-refractivity contribution is -0.116. The van der Waals surface area contributed by atoms with Crippen LogP contribution in [-0.4, -0.2) is 20.4 Å². The van der Waals surface area contributed by atoms with Gasteiger partial charge in [0.15, 0.2) is 5.13 Å².